The second-order valence-electron chi connectivity index (χ2n) is 4.37. The van der Waals surface area contributed by atoms with Gasteiger partial charge in [0.15, 0.2) is 0 Å². The molecule has 0 aromatic heterocycles. The first-order valence-electron chi connectivity index (χ1n) is 7.39. The van der Waals surface area contributed by atoms with E-state index in [1.807, 2.05) is 0 Å². The molecule has 2 nitrogen and oxygen atoms in total. The van der Waals surface area contributed by atoms with Gasteiger partial charge in [-0.15, -0.1) is 0 Å². The summed E-state index contributed by atoms with van der Waals surface area (Å²) in [6, 6.07) is 0. The van der Waals surface area contributed by atoms with Gasteiger partial charge in [0, 0.05) is 0 Å². The second kappa shape index (κ2) is 25.8. The van der Waals surface area contributed by atoms with Crippen molar-refractivity contribution in [1.82, 2.24) is 0 Å². The number of hydrogen-bond acceptors (Lipinski definition) is 4. The minimum Gasteiger partial charge on any atom is -0.415 e. The quantitative estimate of drug-likeness (QED) is 0.219. The van der Waals surface area contributed by atoms with Crippen molar-refractivity contribution in [2.75, 3.05) is 0 Å². The van der Waals surface area contributed by atoms with Crippen LogP contribution < -0.4 is 11.5 Å². The Morgan fingerprint density at radius 2 is 1.05 bits per heavy atom. The predicted octanol–water partition coefficient (Wildman–Crippen LogP) is 4.62. The summed E-state index contributed by atoms with van der Waals surface area (Å²) >= 11 is 16.9. The number of nitrogens with two attached hydrogens (primary N) is 2. The molecule has 0 bridgehead atoms. The molecule has 0 aliphatic rings. The molecule has 0 fully saturated rings. The molecule has 0 aromatic carbocycles. The molecule has 0 atom stereocenters. The van der Waals surface area contributed by atoms with Crippen LogP contribution in [0.1, 0.15) is 65.2 Å². The molecule has 126 valence electrons. The predicted molar refractivity (Wildman–Crippen MR) is 106 cm³/mol. The summed E-state index contributed by atoms with van der Waals surface area (Å²) < 4.78 is 0.167. The minimum absolute atomic E-state index is 0.0833. The van der Waals surface area contributed by atoms with Gasteiger partial charge >= 0.3 is 93.4 Å². The molecule has 0 aliphatic heterocycles. The Balaban J connectivity index is -0.000000334. The summed E-state index contributed by atoms with van der Waals surface area (Å²) in [5.41, 5.74) is 9.31. The van der Waals surface area contributed by atoms with Crippen LogP contribution in [0.5, 0.6) is 0 Å². The third-order valence-corrected chi connectivity index (χ3v) is 5.12. The SMILES string of the molecule is CCCCC[CH2][Mo+2][CH2]CCCCC.NC(=S)[S-].NC(=S)[S-]. The fourth-order valence-corrected chi connectivity index (χ4v) is 3.87. The van der Waals surface area contributed by atoms with Crippen LogP contribution in [0.3, 0.4) is 0 Å². The smallest absolute Gasteiger partial charge is 0.0708 e. The minimum atomic E-state index is 0.0833. The topological polar surface area (TPSA) is 52.0 Å². The van der Waals surface area contributed by atoms with Crippen molar-refractivity contribution in [2.24, 2.45) is 11.5 Å². The standard InChI is InChI=1S/2C6H13.2CH3NS2.Mo/c2*1-3-5-6-4-2;2*2-1(3)4;/h2*1,3-6H2,2H3;2*(H3,2,3,4);/q;;;;+2/p-2. The molecular formula is C14H30MoN2S4. The maximum absolute atomic E-state index is 4.66. The van der Waals surface area contributed by atoms with E-state index in [1.165, 1.54) is 51.4 Å². The summed E-state index contributed by atoms with van der Waals surface area (Å²) in [7, 11) is 0. The van der Waals surface area contributed by atoms with Crippen molar-refractivity contribution in [1.29, 1.82) is 0 Å². The molecule has 0 aromatic rings. The van der Waals surface area contributed by atoms with E-state index in [2.05, 4.69) is 75.0 Å². The van der Waals surface area contributed by atoms with Crippen molar-refractivity contribution in [2.45, 2.75) is 74.8 Å². The van der Waals surface area contributed by atoms with Crippen LogP contribution in [-0.4, -0.2) is 8.64 Å². The monoisotopic (exact) mass is 452 g/mol. The first-order chi connectivity index (χ1) is 9.88. The van der Waals surface area contributed by atoms with Crippen molar-refractivity contribution in [3.05, 3.63) is 0 Å². The van der Waals surface area contributed by atoms with E-state index in [9.17, 15) is 0 Å². The molecular weight excluding hydrogens is 420 g/mol. The van der Waals surface area contributed by atoms with Crippen LogP contribution in [0.2, 0.25) is 9.62 Å². The van der Waals surface area contributed by atoms with Crippen LogP contribution in [0.15, 0.2) is 0 Å². The Hall–Kier alpha value is 0.908. The summed E-state index contributed by atoms with van der Waals surface area (Å²) in [6.07, 6.45) is 11.7. The first-order valence-corrected chi connectivity index (χ1v) is 11.9. The van der Waals surface area contributed by atoms with Crippen molar-refractivity contribution in [3.8, 4) is 0 Å². The zero-order chi connectivity index (χ0) is 16.9. The molecule has 0 aliphatic carbocycles. The zero-order valence-electron chi connectivity index (χ0n) is 13.3. The molecule has 0 radical (unpaired) electrons. The molecule has 0 spiro atoms. The average Bonchev–Trinajstić information content (AvgIpc) is 2.35. The maximum atomic E-state index is 4.66. The Bertz CT molecular complexity index is 199. The number of unbranched alkanes of at least 4 members (excludes halogenated alkanes) is 6. The summed E-state index contributed by atoms with van der Waals surface area (Å²) in [6.45, 7) is 4.59. The average molecular weight is 451 g/mol. The first kappa shape index (κ1) is 26.8. The van der Waals surface area contributed by atoms with E-state index >= 15 is 0 Å². The van der Waals surface area contributed by atoms with Gasteiger partial charge in [0.05, 0.1) is 0 Å². The molecule has 21 heavy (non-hydrogen) atoms. The molecule has 0 heterocycles. The molecule has 0 unspecified atom stereocenters. The third kappa shape index (κ3) is 62.8. The Morgan fingerprint density at radius 3 is 1.29 bits per heavy atom. The van der Waals surface area contributed by atoms with Crippen LogP contribution >= 0.6 is 24.4 Å². The van der Waals surface area contributed by atoms with Gasteiger partial charge in [-0.2, -0.15) is 0 Å². The van der Waals surface area contributed by atoms with Gasteiger partial charge in [0.2, 0.25) is 0 Å². The Morgan fingerprint density at radius 1 is 0.762 bits per heavy atom. The van der Waals surface area contributed by atoms with E-state index in [-0.39, 0.29) is 8.64 Å². The molecule has 0 saturated carbocycles. The van der Waals surface area contributed by atoms with E-state index in [0.717, 1.165) is 0 Å². The van der Waals surface area contributed by atoms with Crippen LogP contribution in [0.25, 0.3) is 0 Å². The largest absolute Gasteiger partial charge is 0.415 e. The van der Waals surface area contributed by atoms with Gasteiger partial charge in [-0.05, 0) is 0 Å². The van der Waals surface area contributed by atoms with Crippen LogP contribution in [0.4, 0.5) is 0 Å². The normalized spacial score (nSPS) is 8.67. The van der Waals surface area contributed by atoms with E-state index < -0.39 is 0 Å². The Labute approximate surface area is 162 Å². The zero-order valence-corrected chi connectivity index (χ0v) is 18.5. The van der Waals surface area contributed by atoms with Crippen LogP contribution in [-0.2, 0) is 43.8 Å². The second-order valence-corrected chi connectivity index (χ2v) is 9.66. The number of hydrogen-bond donors (Lipinski definition) is 2. The fourth-order valence-electron chi connectivity index (χ4n) is 1.36. The fraction of sp³-hybridized carbons (Fsp3) is 0.857. The molecule has 4 N–H and O–H groups in total. The molecule has 0 rings (SSSR count). The molecule has 7 heteroatoms. The van der Waals surface area contributed by atoms with E-state index in [1.54, 1.807) is 9.62 Å². The van der Waals surface area contributed by atoms with Crippen molar-refractivity contribution < 1.29 is 18.6 Å². The number of rotatable bonds is 10. The van der Waals surface area contributed by atoms with Crippen molar-refractivity contribution in [3.63, 3.8) is 0 Å². The third-order valence-electron chi connectivity index (χ3n) is 2.28. The van der Waals surface area contributed by atoms with Gasteiger partial charge in [0.1, 0.15) is 0 Å². The number of thiocarbonyl (C=S) groups is 2. The Kier molecular flexibility index (Phi) is 33.0. The summed E-state index contributed by atoms with van der Waals surface area (Å²) in [4.78, 5) is 3.22. The van der Waals surface area contributed by atoms with Gasteiger partial charge in [-0.25, -0.2) is 0 Å². The van der Waals surface area contributed by atoms with Crippen molar-refractivity contribution >= 4 is 58.3 Å². The van der Waals surface area contributed by atoms with Gasteiger partial charge in [-0.1, -0.05) is 8.64 Å². The summed E-state index contributed by atoms with van der Waals surface area (Å²) in [5, 5.41) is 0. The van der Waals surface area contributed by atoms with Gasteiger partial charge in [-0.3, -0.25) is 0 Å². The van der Waals surface area contributed by atoms with Crippen LogP contribution in [0, 0.1) is 0 Å². The van der Waals surface area contributed by atoms with E-state index in [4.69, 9.17) is 0 Å². The maximum Gasteiger partial charge on any atom is -0.0708 e. The van der Waals surface area contributed by atoms with Gasteiger partial charge in [0.25, 0.3) is 0 Å². The summed E-state index contributed by atoms with van der Waals surface area (Å²) in [5.74, 6) is 0. The molecule has 0 saturated heterocycles. The van der Waals surface area contributed by atoms with Gasteiger partial charge < -0.3 is 61.2 Å². The van der Waals surface area contributed by atoms with E-state index in [0.29, 0.717) is 18.6 Å². The molecule has 0 amide bonds.